The van der Waals surface area contributed by atoms with Gasteiger partial charge in [0, 0.05) is 11.3 Å². The Hall–Kier alpha value is -0.830. The maximum absolute atomic E-state index is 10.6. The van der Waals surface area contributed by atoms with Crippen LogP contribution in [0.15, 0.2) is 36.4 Å². The second-order valence-corrected chi connectivity index (χ2v) is 6.51. The average molecular weight is 281 g/mol. The number of rotatable bonds is 4. The van der Waals surface area contributed by atoms with E-state index in [1.54, 1.807) is 0 Å². The number of thiophene rings is 1. The third-order valence-electron chi connectivity index (χ3n) is 3.13. The first-order chi connectivity index (χ1) is 8.51. The molecule has 18 heavy (non-hydrogen) atoms. The fourth-order valence-electron chi connectivity index (χ4n) is 1.99. The first-order valence-corrected chi connectivity index (χ1v) is 7.27. The van der Waals surface area contributed by atoms with Crippen LogP contribution in [0.4, 0.5) is 0 Å². The number of halogens is 1. The standard InChI is InChI=1S/C15H17ClOS/c1-3-11-4-6-12(7-5-11)15(2,17)10-13-8-9-14(16)18-13/h4-9,17H,3,10H2,1-2H3. The van der Waals surface area contributed by atoms with Crippen LogP contribution in [0.1, 0.15) is 29.9 Å². The molecule has 3 heteroatoms. The van der Waals surface area contributed by atoms with Gasteiger partial charge in [0.1, 0.15) is 0 Å². The minimum atomic E-state index is -0.847. The summed E-state index contributed by atoms with van der Waals surface area (Å²) in [5.74, 6) is 0. The van der Waals surface area contributed by atoms with Gasteiger partial charge in [0.15, 0.2) is 0 Å². The van der Waals surface area contributed by atoms with E-state index in [1.807, 2.05) is 31.2 Å². The zero-order valence-electron chi connectivity index (χ0n) is 10.6. The van der Waals surface area contributed by atoms with Gasteiger partial charge in [-0.15, -0.1) is 11.3 Å². The highest BCUT2D eigenvalue weighted by atomic mass is 35.5. The van der Waals surface area contributed by atoms with Gasteiger partial charge in [0.25, 0.3) is 0 Å². The normalized spacial score (nSPS) is 14.4. The maximum atomic E-state index is 10.6. The predicted octanol–water partition coefficient (Wildman–Crippen LogP) is 4.41. The summed E-state index contributed by atoms with van der Waals surface area (Å²) in [6.45, 7) is 3.97. The fourth-order valence-corrected chi connectivity index (χ4v) is 3.22. The molecular formula is C15H17ClOS. The molecule has 1 N–H and O–H groups in total. The average Bonchev–Trinajstić information content (AvgIpc) is 2.74. The summed E-state index contributed by atoms with van der Waals surface area (Å²) in [6, 6.07) is 12.0. The lowest BCUT2D eigenvalue weighted by atomic mass is 9.91. The van der Waals surface area contributed by atoms with Gasteiger partial charge in [0.2, 0.25) is 0 Å². The largest absolute Gasteiger partial charge is 0.385 e. The van der Waals surface area contributed by atoms with Gasteiger partial charge >= 0.3 is 0 Å². The van der Waals surface area contributed by atoms with Crippen LogP contribution in [0.5, 0.6) is 0 Å². The first kappa shape index (κ1) is 13.6. The monoisotopic (exact) mass is 280 g/mol. The van der Waals surface area contributed by atoms with E-state index >= 15 is 0 Å². The number of hydrogen-bond donors (Lipinski definition) is 1. The van der Waals surface area contributed by atoms with Crippen LogP contribution in [0.2, 0.25) is 4.34 Å². The van der Waals surface area contributed by atoms with Crippen LogP contribution < -0.4 is 0 Å². The molecule has 0 aliphatic carbocycles. The number of aliphatic hydroxyl groups is 1. The van der Waals surface area contributed by atoms with Crippen LogP contribution in [-0.2, 0) is 18.4 Å². The van der Waals surface area contributed by atoms with Crippen LogP contribution in [0.25, 0.3) is 0 Å². The smallest absolute Gasteiger partial charge is 0.0931 e. The number of hydrogen-bond acceptors (Lipinski definition) is 2. The molecule has 0 saturated heterocycles. The van der Waals surface area contributed by atoms with E-state index in [-0.39, 0.29) is 0 Å². The maximum Gasteiger partial charge on any atom is 0.0931 e. The fraction of sp³-hybridized carbons (Fsp3) is 0.333. The Morgan fingerprint density at radius 2 is 1.83 bits per heavy atom. The lowest BCUT2D eigenvalue weighted by Gasteiger charge is -2.23. The van der Waals surface area contributed by atoms with E-state index in [2.05, 4.69) is 19.1 Å². The van der Waals surface area contributed by atoms with Crippen molar-refractivity contribution in [3.05, 3.63) is 56.7 Å². The third kappa shape index (κ3) is 3.14. The van der Waals surface area contributed by atoms with Crippen molar-refractivity contribution in [3.8, 4) is 0 Å². The molecule has 0 aliphatic heterocycles. The molecular weight excluding hydrogens is 264 g/mol. The van der Waals surface area contributed by atoms with Gasteiger partial charge in [-0.1, -0.05) is 42.8 Å². The SMILES string of the molecule is CCc1ccc(C(C)(O)Cc2ccc(Cl)s2)cc1. The Labute approximate surface area is 117 Å². The van der Waals surface area contributed by atoms with Crippen molar-refractivity contribution < 1.29 is 5.11 Å². The van der Waals surface area contributed by atoms with Crippen molar-refractivity contribution in [1.29, 1.82) is 0 Å². The summed E-state index contributed by atoms with van der Waals surface area (Å²) in [6.07, 6.45) is 1.61. The molecule has 1 heterocycles. The molecule has 1 atom stereocenters. The van der Waals surface area contributed by atoms with Crippen molar-refractivity contribution in [1.82, 2.24) is 0 Å². The Bertz CT molecular complexity index is 514. The number of benzene rings is 1. The molecule has 0 bridgehead atoms. The zero-order chi connectivity index (χ0) is 13.2. The molecule has 0 aliphatic rings. The van der Waals surface area contributed by atoms with Gasteiger partial charge in [0.05, 0.1) is 9.94 Å². The number of aryl methyl sites for hydroxylation is 1. The van der Waals surface area contributed by atoms with Crippen molar-refractivity contribution in [2.45, 2.75) is 32.3 Å². The topological polar surface area (TPSA) is 20.2 Å². The van der Waals surface area contributed by atoms with Gasteiger partial charge in [-0.2, -0.15) is 0 Å². The third-order valence-corrected chi connectivity index (χ3v) is 4.36. The Kier molecular flexibility index (Phi) is 4.10. The van der Waals surface area contributed by atoms with Crippen LogP contribution in [-0.4, -0.2) is 5.11 Å². The molecule has 0 amide bonds. The van der Waals surface area contributed by atoms with E-state index in [0.29, 0.717) is 6.42 Å². The zero-order valence-corrected chi connectivity index (χ0v) is 12.2. The van der Waals surface area contributed by atoms with E-state index in [0.717, 1.165) is 21.2 Å². The molecule has 0 radical (unpaired) electrons. The van der Waals surface area contributed by atoms with Gasteiger partial charge in [-0.05, 0) is 36.6 Å². The Balaban J connectivity index is 2.18. The molecule has 2 aromatic rings. The molecule has 0 spiro atoms. The second-order valence-electron chi connectivity index (χ2n) is 4.71. The lowest BCUT2D eigenvalue weighted by Crippen LogP contribution is -2.23. The molecule has 1 aromatic carbocycles. The minimum Gasteiger partial charge on any atom is -0.385 e. The molecule has 0 fully saturated rings. The van der Waals surface area contributed by atoms with Crippen LogP contribution in [0, 0.1) is 0 Å². The second kappa shape index (κ2) is 5.43. The minimum absolute atomic E-state index is 0.593. The Morgan fingerprint density at radius 3 is 2.33 bits per heavy atom. The summed E-state index contributed by atoms with van der Waals surface area (Å²) in [7, 11) is 0. The Morgan fingerprint density at radius 1 is 1.17 bits per heavy atom. The van der Waals surface area contributed by atoms with Crippen molar-refractivity contribution in [3.63, 3.8) is 0 Å². The lowest BCUT2D eigenvalue weighted by molar-refractivity contribution is 0.0585. The molecule has 0 saturated carbocycles. The summed E-state index contributed by atoms with van der Waals surface area (Å²) in [5.41, 5.74) is 1.39. The van der Waals surface area contributed by atoms with Gasteiger partial charge < -0.3 is 5.11 Å². The predicted molar refractivity (Wildman–Crippen MR) is 78.4 cm³/mol. The highest BCUT2D eigenvalue weighted by Gasteiger charge is 2.24. The summed E-state index contributed by atoms with van der Waals surface area (Å²) in [5, 5.41) is 10.6. The van der Waals surface area contributed by atoms with Crippen molar-refractivity contribution >= 4 is 22.9 Å². The van der Waals surface area contributed by atoms with E-state index in [9.17, 15) is 5.11 Å². The molecule has 1 aromatic heterocycles. The molecule has 2 rings (SSSR count). The summed E-state index contributed by atoms with van der Waals surface area (Å²) < 4.78 is 0.766. The van der Waals surface area contributed by atoms with Gasteiger partial charge in [-0.25, -0.2) is 0 Å². The molecule has 96 valence electrons. The van der Waals surface area contributed by atoms with E-state index in [4.69, 9.17) is 11.6 Å². The van der Waals surface area contributed by atoms with Gasteiger partial charge in [-0.3, -0.25) is 0 Å². The van der Waals surface area contributed by atoms with E-state index in [1.165, 1.54) is 16.9 Å². The van der Waals surface area contributed by atoms with Crippen molar-refractivity contribution in [2.24, 2.45) is 0 Å². The van der Waals surface area contributed by atoms with Crippen molar-refractivity contribution in [2.75, 3.05) is 0 Å². The summed E-state index contributed by atoms with van der Waals surface area (Å²) >= 11 is 7.43. The molecule has 1 nitrogen and oxygen atoms in total. The first-order valence-electron chi connectivity index (χ1n) is 6.07. The quantitative estimate of drug-likeness (QED) is 0.879. The van der Waals surface area contributed by atoms with E-state index < -0.39 is 5.60 Å². The van der Waals surface area contributed by atoms with Crippen LogP contribution >= 0.6 is 22.9 Å². The van der Waals surface area contributed by atoms with Crippen LogP contribution in [0.3, 0.4) is 0 Å². The summed E-state index contributed by atoms with van der Waals surface area (Å²) in [4.78, 5) is 1.10. The highest BCUT2D eigenvalue weighted by Crippen LogP contribution is 2.30. The molecule has 1 unspecified atom stereocenters. The highest BCUT2D eigenvalue weighted by molar-refractivity contribution is 7.16.